The van der Waals surface area contributed by atoms with E-state index in [-0.39, 0.29) is 11.9 Å². The smallest absolute Gasteiger partial charge is 0.321 e. The molecule has 0 aliphatic rings. The number of amides is 1. The molecule has 0 fully saturated rings. The van der Waals surface area contributed by atoms with Crippen molar-refractivity contribution in [1.29, 1.82) is 0 Å². The highest BCUT2D eigenvalue weighted by Crippen LogP contribution is 2.27. The van der Waals surface area contributed by atoms with Gasteiger partial charge in [0, 0.05) is 29.5 Å². The lowest BCUT2D eigenvalue weighted by molar-refractivity contribution is 0.102. The SMILES string of the molecule is Cc1ccc(C)n1-c1sccc1C(=O)Nc1ccc(Oc2ncccn2)cc1. The average Bonchev–Trinajstić information content (AvgIpc) is 3.30. The second-order valence-corrected chi connectivity index (χ2v) is 7.10. The summed E-state index contributed by atoms with van der Waals surface area (Å²) in [5, 5.41) is 5.79. The minimum absolute atomic E-state index is 0.149. The predicted octanol–water partition coefficient (Wildman–Crippen LogP) is 4.99. The van der Waals surface area contributed by atoms with Crippen molar-refractivity contribution in [3.8, 4) is 16.8 Å². The lowest BCUT2D eigenvalue weighted by atomic mass is 10.2. The van der Waals surface area contributed by atoms with E-state index < -0.39 is 0 Å². The van der Waals surface area contributed by atoms with Crippen LogP contribution in [-0.4, -0.2) is 20.4 Å². The lowest BCUT2D eigenvalue weighted by Crippen LogP contribution is -2.14. The number of hydrogen-bond donors (Lipinski definition) is 1. The van der Waals surface area contributed by atoms with Gasteiger partial charge in [-0.1, -0.05) is 0 Å². The molecular weight excluding hydrogens is 372 g/mol. The molecule has 3 heterocycles. The Hall–Kier alpha value is -3.45. The van der Waals surface area contributed by atoms with Crippen molar-refractivity contribution >= 4 is 22.9 Å². The van der Waals surface area contributed by atoms with Gasteiger partial charge in [0.25, 0.3) is 5.91 Å². The quantitative estimate of drug-likeness (QED) is 0.521. The third-order valence-electron chi connectivity index (χ3n) is 4.23. The maximum Gasteiger partial charge on any atom is 0.321 e. The number of aromatic nitrogens is 3. The molecular formula is C21H18N4O2S. The fraction of sp³-hybridized carbons (Fsp3) is 0.0952. The molecule has 28 heavy (non-hydrogen) atoms. The summed E-state index contributed by atoms with van der Waals surface area (Å²) in [6.45, 7) is 4.06. The Balaban J connectivity index is 1.50. The Morgan fingerprint density at radius 1 is 1.00 bits per heavy atom. The number of rotatable bonds is 5. The Kier molecular flexibility index (Phi) is 4.90. The number of carbonyl (C=O) groups excluding carboxylic acids is 1. The highest BCUT2D eigenvalue weighted by atomic mass is 32.1. The minimum atomic E-state index is -0.149. The van der Waals surface area contributed by atoms with Gasteiger partial charge in [-0.2, -0.15) is 0 Å². The van der Waals surface area contributed by atoms with Gasteiger partial charge < -0.3 is 14.6 Å². The molecule has 4 aromatic rings. The second kappa shape index (κ2) is 7.66. The van der Waals surface area contributed by atoms with Gasteiger partial charge in [0.05, 0.1) is 5.56 Å². The normalized spacial score (nSPS) is 10.6. The summed E-state index contributed by atoms with van der Waals surface area (Å²) < 4.78 is 7.66. The van der Waals surface area contributed by atoms with E-state index in [4.69, 9.17) is 4.74 Å². The molecule has 0 spiro atoms. The van der Waals surface area contributed by atoms with E-state index in [1.165, 1.54) is 0 Å². The predicted molar refractivity (Wildman–Crippen MR) is 110 cm³/mol. The molecule has 140 valence electrons. The van der Waals surface area contributed by atoms with Gasteiger partial charge >= 0.3 is 6.01 Å². The van der Waals surface area contributed by atoms with Crippen molar-refractivity contribution in [3.63, 3.8) is 0 Å². The summed E-state index contributed by atoms with van der Waals surface area (Å²) in [6, 6.07) is 15.0. The second-order valence-electron chi connectivity index (χ2n) is 6.20. The van der Waals surface area contributed by atoms with Crippen molar-refractivity contribution in [2.24, 2.45) is 0 Å². The summed E-state index contributed by atoms with van der Waals surface area (Å²) in [4.78, 5) is 20.9. The lowest BCUT2D eigenvalue weighted by Gasteiger charge is -2.11. The maximum atomic E-state index is 12.8. The van der Waals surface area contributed by atoms with Crippen LogP contribution in [0, 0.1) is 13.8 Å². The number of nitrogens with zero attached hydrogens (tertiary/aromatic N) is 3. The number of aryl methyl sites for hydroxylation is 2. The van der Waals surface area contributed by atoms with Crippen LogP contribution in [-0.2, 0) is 0 Å². The van der Waals surface area contributed by atoms with E-state index in [9.17, 15) is 4.79 Å². The van der Waals surface area contributed by atoms with Crippen LogP contribution in [0.15, 0.2) is 66.3 Å². The molecule has 0 unspecified atom stereocenters. The van der Waals surface area contributed by atoms with Gasteiger partial charge in [0.1, 0.15) is 10.8 Å². The number of benzene rings is 1. The molecule has 0 aliphatic carbocycles. The van der Waals surface area contributed by atoms with Gasteiger partial charge in [-0.25, -0.2) is 9.97 Å². The van der Waals surface area contributed by atoms with Crippen LogP contribution in [0.5, 0.6) is 11.8 Å². The average molecular weight is 390 g/mol. The maximum absolute atomic E-state index is 12.8. The number of carbonyl (C=O) groups is 1. The zero-order valence-electron chi connectivity index (χ0n) is 15.4. The number of hydrogen-bond acceptors (Lipinski definition) is 5. The Morgan fingerprint density at radius 3 is 2.36 bits per heavy atom. The fourth-order valence-electron chi connectivity index (χ4n) is 2.88. The van der Waals surface area contributed by atoms with Gasteiger partial charge in [-0.3, -0.25) is 4.79 Å². The number of nitrogens with one attached hydrogen (secondary N) is 1. The summed E-state index contributed by atoms with van der Waals surface area (Å²) in [7, 11) is 0. The molecule has 0 saturated carbocycles. The van der Waals surface area contributed by atoms with Crippen LogP contribution in [0.3, 0.4) is 0 Å². The first-order valence-electron chi connectivity index (χ1n) is 8.71. The molecule has 4 rings (SSSR count). The first-order valence-corrected chi connectivity index (χ1v) is 9.59. The van der Waals surface area contributed by atoms with E-state index in [1.54, 1.807) is 54.1 Å². The van der Waals surface area contributed by atoms with Gasteiger partial charge in [0.2, 0.25) is 0 Å². The van der Waals surface area contributed by atoms with Crippen LogP contribution in [0.2, 0.25) is 0 Å². The van der Waals surface area contributed by atoms with E-state index in [0.717, 1.165) is 16.4 Å². The number of ether oxygens (including phenoxy) is 1. The van der Waals surface area contributed by atoms with Crippen LogP contribution in [0.4, 0.5) is 5.69 Å². The summed E-state index contributed by atoms with van der Waals surface area (Å²) in [5.41, 5.74) is 3.52. The van der Waals surface area contributed by atoms with Crippen LogP contribution in [0.1, 0.15) is 21.7 Å². The van der Waals surface area contributed by atoms with E-state index in [0.29, 0.717) is 17.0 Å². The monoisotopic (exact) mass is 390 g/mol. The van der Waals surface area contributed by atoms with E-state index >= 15 is 0 Å². The largest absolute Gasteiger partial charge is 0.424 e. The van der Waals surface area contributed by atoms with Crippen molar-refractivity contribution in [2.45, 2.75) is 13.8 Å². The molecule has 1 amide bonds. The highest BCUT2D eigenvalue weighted by molar-refractivity contribution is 7.13. The first kappa shape index (κ1) is 17.9. The van der Waals surface area contributed by atoms with Crippen molar-refractivity contribution in [2.75, 3.05) is 5.32 Å². The topological polar surface area (TPSA) is 69.0 Å². The molecule has 7 heteroatoms. The third-order valence-corrected chi connectivity index (χ3v) is 5.12. The van der Waals surface area contributed by atoms with Crippen molar-refractivity contribution in [3.05, 3.63) is 83.3 Å². The zero-order chi connectivity index (χ0) is 19.5. The molecule has 0 atom stereocenters. The van der Waals surface area contributed by atoms with E-state index in [1.807, 2.05) is 37.4 Å². The molecule has 0 saturated heterocycles. The minimum Gasteiger partial charge on any atom is -0.424 e. The molecule has 6 nitrogen and oxygen atoms in total. The molecule has 1 N–H and O–H groups in total. The van der Waals surface area contributed by atoms with Crippen LogP contribution in [0.25, 0.3) is 5.00 Å². The molecule has 0 aliphatic heterocycles. The Bertz CT molecular complexity index is 1080. The Labute approximate surface area is 166 Å². The zero-order valence-corrected chi connectivity index (χ0v) is 16.2. The fourth-order valence-corrected chi connectivity index (χ4v) is 3.90. The summed E-state index contributed by atoms with van der Waals surface area (Å²) in [6.07, 6.45) is 3.23. The first-order chi connectivity index (χ1) is 13.6. The van der Waals surface area contributed by atoms with Gasteiger partial charge in [0.15, 0.2) is 0 Å². The highest BCUT2D eigenvalue weighted by Gasteiger charge is 2.17. The molecule has 3 aromatic heterocycles. The van der Waals surface area contributed by atoms with Crippen molar-refractivity contribution in [1.82, 2.24) is 14.5 Å². The van der Waals surface area contributed by atoms with Gasteiger partial charge in [-0.15, -0.1) is 11.3 Å². The van der Waals surface area contributed by atoms with E-state index in [2.05, 4.69) is 19.9 Å². The molecule has 0 bridgehead atoms. The van der Waals surface area contributed by atoms with Crippen molar-refractivity contribution < 1.29 is 9.53 Å². The van der Waals surface area contributed by atoms with Crippen LogP contribution >= 0.6 is 11.3 Å². The third kappa shape index (κ3) is 3.65. The summed E-state index contributed by atoms with van der Waals surface area (Å²) in [5.74, 6) is 0.447. The number of anilines is 1. The summed E-state index contributed by atoms with van der Waals surface area (Å²) >= 11 is 1.55. The van der Waals surface area contributed by atoms with Gasteiger partial charge in [-0.05, 0) is 67.8 Å². The molecule has 1 aromatic carbocycles. The standard InChI is InChI=1S/C21H18N4O2S/c1-14-4-5-15(2)25(14)20-18(10-13-28-20)19(26)24-16-6-8-17(9-7-16)27-21-22-11-3-12-23-21/h3-13H,1-2H3,(H,24,26). The molecule has 0 radical (unpaired) electrons. The number of thiophene rings is 1. The van der Waals surface area contributed by atoms with Crippen LogP contribution < -0.4 is 10.1 Å². The Morgan fingerprint density at radius 2 is 1.68 bits per heavy atom.